The molecule has 0 spiro atoms. The fourth-order valence-electron chi connectivity index (χ4n) is 2.80. The predicted octanol–water partition coefficient (Wildman–Crippen LogP) is 3.12. The molecule has 1 aliphatic rings. The Hall–Kier alpha value is -1.13. The molecule has 3 N–H and O–H groups in total. The van der Waals surface area contributed by atoms with E-state index in [4.69, 9.17) is 0 Å². The van der Waals surface area contributed by atoms with Crippen molar-refractivity contribution in [3.63, 3.8) is 0 Å². The number of hydrogen-bond donors (Lipinski definition) is 3. The second-order valence-electron chi connectivity index (χ2n) is 6.21. The lowest BCUT2D eigenvalue weighted by Gasteiger charge is -2.36. The Morgan fingerprint density at radius 1 is 1.40 bits per heavy atom. The molecule has 1 aromatic rings. The van der Waals surface area contributed by atoms with Crippen molar-refractivity contribution in [2.24, 2.45) is 5.92 Å². The van der Waals surface area contributed by atoms with E-state index in [0.29, 0.717) is 18.0 Å². The number of aromatic hydroxyl groups is 1. The molecule has 0 aromatic heterocycles. The van der Waals surface area contributed by atoms with Crippen molar-refractivity contribution in [1.82, 2.24) is 5.32 Å². The van der Waals surface area contributed by atoms with Crippen molar-refractivity contribution < 1.29 is 14.6 Å². The van der Waals surface area contributed by atoms with Crippen molar-refractivity contribution in [3.8, 4) is 5.75 Å². The summed E-state index contributed by atoms with van der Waals surface area (Å²) in [6.45, 7) is 4.54. The first-order valence-electron chi connectivity index (χ1n) is 7.34. The number of nitrogens with one attached hydrogen (secondary N) is 1. The lowest BCUT2D eigenvalue weighted by molar-refractivity contribution is -0.00789. The van der Waals surface area contributed by atoms with E-state index < -0.39 is 5.60 Å². The minimum Gasteiger partial charge on any atom is -0.508 e. The van der Waals surface area contributed by atoms with Gasteiger partial charge in [-0.25, -0.2) is 4.39 Å². The van der Waals surface area contributed by atoms with Crippen molar-refractivity contribution in [3.05, 3.63) is 29.6 Å². The lowest BCUT2D eigenvalue weighted by atomic mass is 9.79. The number of phenols is 1. The van der Waals surface area contributed by atoms with Crippen LogP contribution in [0, 0.1) is 11.7 Å². The molecular formula is C16H24FNO2. The second kappa shape index (κ2) is 6.10. The molecule has 1 aliphatic carbocycles. The van der Waals surface area contributed by atoms with Gasteiger partial charge in [0.05, 0.1) is 5.60 Å². The van der Waals surface area contributed by atoms with Gasteiger partial charge in [-0.1, -0.05) is 6.92 Å². The van der Waals surface area contributed by atoms with Crippen LogP contribution in [-0.4, -0.2) is 22.4 Å². The Morgan fingerprint density at radius 2 is 2.05 bits per heavy atom. The normalized spacial score (nSPS) is 28.3. The van der Waals surface area contributed by atoms with Crippen LogP contribution in [0.25, 0.3) is 0 Å². The van der Waals surface area contributed by atoms with Crippen LogP contribution in [0.3, 0.4) is 0 Å². The van der Waals surface area contributed by atoms with Gasteiger partial charge in [-0.2, -0.15) is 0 Å². The van der Waals surface area contributed by atoms with E-state index in [2.05, 4.69) is 12.2 Å². The molecule has 0 aliphatic heterocycles. The predicted molar refractivity (Wildman–Crippen MR) is 77.1 cm³/mol. The zero-order valence-corrected chi connectivity index (χ0v) is 12.2. The molecule has 0 heterocycles. The maximum atomic E-state index is 13.2. The van der Waals surface area contributed by atoms with E-state index in [1.54, 1.807) is 0 Å². The minimum atomic E-state index is -0.677. The molecule has 1 unspecified atom stereocenters. The average Bonchev–Trinajstić information content (AvgIpc) is 2.43. The van der Waals surface area contributed by atoms with Gasteiger partial charge in [0, 0.05) is 18.2 Å². The fraction of sp³-hybridized carbons (Fsp3) is 0.625. The van der Waals surface area contributed by atoms with Crippen LogP contribution in [-0.2, 0) is 0 Å². The van der Waals surface area contributed by atoms with E-state index in [0.717, 1.165) is 25.7 Å². The van der Waals surface area contributed by atoms with Crippen LogP contribution in [0.2, 0.25) is 0 Å². The fourth-order valence-corrected chi connectivity index (χ4v) is 2.80. The summed E-state index contributed by atoms with van der Waals surface area (Å²) in [6.07, 6.45) is 3.67. The average molecular weight is 281 g/mol. The Kier molecular flexibility index (Phi) is 4.66. The molecule has 1 fully saturated rings. The first-order valence-corrected chi connectivity index (χ1v) is 7.34. The molecule has 20 heavy (non-hydrogen) atoms. The van der Waals surface area contributed by atoms with Crippen molar-refractivity contribution >= 4 is 0 Å². The maximum absolute atomic E-state index is 13.2. The quantitative estimate of drug-likeness (QED) is 0.795. The molecule has 1 atom stereocenters. The zero-order chi connectivity index (χ0) is 14.8. The van der Waals surface area contributed by atoms with Gasteiger partial charge in [0.1, 0.15) is 11.6 Å². The summed E-state index contributed by atoms with van der Waals surface area (Å²) >= 11 is 0. The summed E-state index contributed by atoms with van der Waals surface area (Å²) in [5, 5.41) is 23.5. The topological polar surface area (TPSA) is 52.5 Å². The Morgan fingerprint density at radius 3 is 2.70 bits per heavy atom. The molecule has 0 bridgehead atoms. The van der Waals surface area contributed by atoms with Gasteiger partial charge in [0.25, 0.3) is 0 Å². The highest BCUT2D eigenvalue weighted by molar-refractivity contribution is 5.34. The molecule has 1 saturated carbocycles. The molecule has 2 rings (SSSR count). The van der Waals surface area contributed by atoms with Gasteiger partial charge in [0.2, 0.25) is 0 Å². The molecular weight excluding hydrogens is 257 g/mol. The van der Waals surface area contributed by atoms with Crippen molar-refractivity contribution in [2.75, 3.05) is 6.54 Å². The van der Waals surface area contributed by atoms with Crippen LogP contribution >= 0.6 is 0 Å². The third-order valence-corrected chi connectivity index (χ3v) is 4.40. The molecule has 0 radical (unpaired) electrons. The molecule has 1 aromatic carbocycles. The number of phenolic OH excluding ortho intramolecular Hbond substituents is 1. The van der Waals surface area contributed by atoms with E-state index in [1.807, 2.05) is 6.92 Å². The molecule has 0 saturated heterocycles. The summed E-state index contributed by atoms with van der Waals surface area (Å²) in [4.78, 5) is 0. The highest BCUT2D eigenvalue weighted by atomic mass is 19.1. The summed E-state index contributed by atoms with van der Waals surface area (Å²) in [5.41, 5.74) is -0.151. The van der Waals surface area contributed by atoms with Crippen LogP contribution in [0.15, 0.2) is 18.2 Å². The number of rotatable bonds is 4. The monoisotopic (exact) mass is 281 g/mol. The smallest absolute Gasteiger partial charge is 0.123 e. The van der Waals surface area contributed by atoms with Gasteiger partial charge in [-0.3, -0.25) is 0 Å². The second-order valence-corrected chi connectivity index (χ2v) is 6.21. The Bertz CT molecular complexity index is 456. The number of hydrogen-bond acceptors (Lipinski definition) is 3. The highest BCUT2D eigenvalue weighted by Gasteiger charge is 2.32. The number of benzene rings is 1. The summed E-state index contributed by atoms with van der Waals surface area (Å²) in [5.74, 6) is 0.396. The number of halogens is 1. The molecule has 0 amide bonds. The van der Waals surface area contributed by atoms with E-state index in [1.165, 1.54) is 18.2 Å². The Balaban J connectivity index is 1.95. The van der Waals surface area contributed by atoms with Crippen molar-refractivity contribution in [2.45, 2.75) is 51.2 Å². The highest BCUT2D eigenvalue weighted by Crippen LogP contribution is 2.32. The van der Waals surface area contributed by atoms with Crippen LogP contribution in [0.5, 0.6) is 5.75 Å². The van der Waals surface area contributed by atoms with E-state index >= 15 is 0 Å². The summed E-state index contributed by atoms with van der Waals surface area (Å²) in [7, 11) is 0. The van der Waals surface area contributed by atoms with Gasteiger partial charge >= 0.3 is 0 Å². The summed E-state index contributed by atoms with van der Waals surface area (Å²) in [6, 6.07) is 3.73. The minimum absolute atomic E-state index is 0.0793. The first-order chi connectivity index (χ1) is 9.39. The van der Waals surface area contributed by atoms with Crippen molar-refractivity contribution in [1.29, 1.82) is 0 Å². The lowest BCUT2D eigenvalue weighted by Crippen LogP contribution is -2.44. The molecule has 112 valence electrons. The SMILES string of the molecule is CC1CCC(O)(CNC(C)c2cc(F)ccc2O)CC1. The van der Waals surface area contributed by atoms with Gasteiger partial charge in [0.15, 0.2) is 0 Å². The third-order valence-electron chi connectivity index (χ3n) is 4.40. The van der Waals surface area contributed by atoms with Gasteiger partial charge < -0.3 is 15.5 Å². The summed E-state index contributed by atoms with van der Waals surface area (Å²) < 4.78 is 13.2. The van der Waals surface area contributed by atoms with E-state index in [-0.39, 0.29) is 17.6 Å². The van der Waals surface area contributed by atoms with Crippen LogP contribution in [0.4, 0.5) is 4.39 Å². The third kappa shape index (κ3) is 3.70. The van der Waals surface area contributed by atoms with E-state index in [9.17, 15) is 14.6 Å². The molecule has 4 heteroatoms. The zero-order valence-electron chi connectivity index (χ0n) is 12.2. The van der Waals surface area contributed by atoms with Gasteiger partial charge in [-0.15, -0.1) is 0 Å². The first kappa shape index (κ1) is 15.3. The largest absolute Gasteiger partial charge is 0.508 e. The maximum Gasteiger partial charge on any atom is 0.123 e. The van der Waals surface area contributed by atoms with Crippen LogP contribution in [0.1, 0.15) is 51.1 Å². The van der Waals surface area contributed by atoms with Crippen LogP contribution < -0.4 is 5.32 Å². The number of aliphatic hydroxyl groups is 1. The molecule has 3 nitrogen and oxygen atoms in total. The standard InChI is InChI=1S/C16H24FNO2/c1-11-5-7-16(20,8-6-11)10-18-12(2)14-9-13(17)3-4-15(14)19/h3-4,9,11-12,18-20H,5-8,10H2,1-2H3. The van der Waals surface area contributed by atoms with Gasteiger partial charge in [-0.05, 0) is 56.7 Å². The Labute approximate surface area is 119 Å².